The molecule has 294 valence electrons. The van der Waals surface area contributed by atoms with Gasteiger partial charge in [-0.2, -0.15) is 0 Å². The van der Waals surface area contributed by atoms with Gasteiger partial charge in [0.2, 0.25) is 0 Å². The molecule has 0 aromatic carbocycles. The minimum Gasteiger partial charge on any atom is -0.462 e. The number of carbonyl (C=O) groups excluding carboxylic acids is 3. The molecule has 6 heteroatoms. The molecule has 0 amide bonds. The van der Waals surface area contributed by atoms with Crippen molar-refractivity contribution < 1.29 is 28.6 Å². The summed E-state index contributed by atoms with van der Waals surface area (Å²) in [5.74, 6) is -1.15. The molecule has 0 spiro atoms. The van der Waals surface area contributed by atoms with E-state index in [2.05, 4.69) is 93.7 Å². The average Bonchev–Trinajstić information content (AvgIpc) is 3.14. The van der Waals surface area contributed by atoms with Crippen molar-refractivity contribution >= 4 is 17.9 Å². The van der Waals surface area contributed by atoms with Crippen LogP contribution in [0.15, 0.2) is 85.1 Å². The third-order valence-corrected chi connectivity index (χ3v) is 8.15. The molecule has 1 atom stereocenters. The summed E-state index contributed by atoms with van der Waals surface area (Å²) in [5, 5.41) is 0. The first-order valence-corrected chi connectivity index (χ1v) is 20.6. The lowest BCUT2D eigenvalue weighted by Crippen LogP contribution is -2.30. The number of hydrogen-bond donors (Lipinski definition) is 0. The molecule has 0 aliphatic heterocycles. The summed E-state index contributed by atoms with van der Waals surface area (Å²) in [7, 11) is 0. The predicted octanol–water partition coefficient (Wildman–Crippen LogP) is 12.9. The second-order valence-corrected chi connectivity index (χ2v) is 13.1. The third-order valence-electron chi connectivity index (χ3n) is 8.15. The van der Waals surface area contributed by atoms with Crippen LogP contribution in [0.4, 0.5) is 0 Å². The zero-order chi connectivity index (χ0) is 38.0. The summed E-state index contributed by atoms with van der Waals surface area (Å²) in [6, 6.07) is 0. The normalized spacial score (nSPS) is 12.9. The van der Waals surface area contributed by atoms with Crippen LogP contribution in [0.5, 0.6) is 0 Å². The summed E-state index contributed by atoms with van der Waals surface area (Å²) in [5.41, 5.74) is 0. The quantitative estimate of drug-likeness (QED) is 0.0280. The molecule has 0 bridgehead atoms. The van der Waals surface area contributed by atoms with Gasteiger partial charge in [0, 0.05) is 12.8 Å². The van der Waals surface area contributed by atoms with Gasteiger partial charge in [-0.25, -0.2) is 0 Å². The maximum atomic E-state index is 12.6. The number of rotatable bonds is 35. The Morgan fingerprint density at radius 2 is 0.846 bits per heavy atom. The van der Waals surface area contributed by atoms with Crippen LogP contribution in [-0.4, -0.2) is 37.2 Å². The van der Waals surface area contributed by atoms with Crippen molar-refractivity contribution in [3.8, 4) is 0 Å². The summed E-state index contributed by atoms with van der Waals surface area (Å²) >= 11 is 0. The molecule has 0 rings (SSSR count). The average molecular weight is 723 g/mol. The third kappa shape index (κ3) is 37.8. The van der Waals surface area contributed by atoms with Gasteiger partial charge in [-0.1, -0.05) is 151 Å². The monoisotopic (exact) mass is 723 g/mol. The van der Waals surface area contributed by atoms with Crippen molar-refractivity contribution in [2.45, 2.75) is 175 Å². The van der Waals surface area contributed by atoms with Crippen LogP contribution in [-0.2, 0) is 28.6 Å². The Balaban J connectivity index is 4.54. The zero-order valence-electron chi connectivity index (χ0n) is 33.3. The van der Waals surface area contributed by atoms with Gasteiger partial charge in [-0.3, -0.25) is 14.4 Å². The molecule has 52 heavy (non-hydrogen) atoms. The second kappa shape index (κ2) is 40.4. The van der Waals surface area contributed by atoms with E-state index >= 15 is 0 Å². The SMILES string of the molecule is CC/C=C\C/C=C\C/C=C\CCCC(=O)OC(COC(=O)C/C=C\C/C=C\C/C=C\CC)COC(=O)CCCCC/C=C\CCCCCCCCC. The maximum Gasteiger partial charge on any atom is 0.309 e. The topological polar surface area (TPSA) is 78.9 Å². The van der Waals surface area contributed by atoms with Crippen molar-refractivity contribution in [3.63, 3.8) is 0 Å². The van der Waals surface area contributed by atoms with Crippen molar-refractivity contribution in [1.29, 1.82) is 0 Å². The molecule has 0 saturated heterocycles. The molecule has 0 aromatic rings. The second-order valence-electron chi connectivity index (χ2n) is 13.1. The molecular weight excluding hydrogens is 648 g/mol. The van der Waals surface area contributed by atoms with Gasteiger partial charge in [0.15, 0.2) is 6.10 Å². The highest BCUT2D eigenvalue weighted by molar-refractivity contribution is 5.72. The summed E-state index contributed by atoms with van der Waals surface area (Å²) in [4.78, 5) is 37.4. The summed E-state index contributed by atoms with van der Waals surface area (Å²) < 4.78 is 16.4. The fourth-order valence-electron chi connectivity index (χ4n) is 5.11. The fraction of sp³-hybridized carbons (Fsp3) is 0.630. The molecule has 1 unspecified atom stereocenters. The van der Waals surface area contributed by atoms with Crippen molar-refractivity contribution in [3.05, 3.63) is 85.1 Å². The molecule has 0 saturated carbocycles. The Bertz CT molecular complexity index is 1060. The Kier molecular flexibility index (Phi) is 37.7. The largest absolute Gasteiger partial charge is 0.462 e. The number of esters is 3. The Morgan fingerprint density at radius 3 is 1.42 bits per heavy atom. The first kappa shape index (κ1) is 48.6. The van der Waals surface area contributed by atoms with E-state index < -0.39 is 18.0 Å². The Hall–Kier alpha value is -3.41. The van der Waals surface area contributed by atoms with Gasteiger partial charge >= 0.3 is 17.9 Å². The van der Waals surface area contributed by atoms with E-state index in [1.807, 2.05) is 6.08 Å². The number of carbonyl (C=O) groups is 3. The number of allylic oxidation sites excluding steroid dienone is 13. The lowest BCUT2D eigenvalue weighted by atomic mass is 10.1. The lowest BCUT2D eigenvalue weighted by Gasteiger charge is -2.18. The van der Waals surface area contributed by atoms with Gasteiger partial charge < -0.3 is 14.2 Å². The van der Waals surface area contributed by atoms with E-state index in [9.17, 15) is 14.4 Å². The van der Waals surface area contributed by atoms with E-state index in [4.69, 9.17) is 14.2 Å². The Morgan fingerprint density at radius 1 is 0.423 bits per heavy atom. The van der Waals surface area contributed by atoms with E-state index in [0.717, 1.165) is 77.0 Å². The molecule has 0 aliphatic rings. The van der Waals surface area contributed by atoms with Crippen molar-refractivity contribution in [2.75, 3.05) is 13.2 Å². The molecule has 0 fully saturated rings. The molecule has 0 heterocycles. The van der Waals surface area contributed by atoms with Gasteiger partial charge in [0.25, 0.3) is 0 Å². The lowest BCUT2D eigenvalue weighted by molar-refractivity contribution is -0.166. The van der Waals surface area contributed by atoms with Crippen LogP contribution < -0.4 is 0 Å². The van der Waals surface area contributed by atoms with E-state index in [-0.39, 0.29) is 32.0 Å². The molecule has 0 aromatic heterocycles. The predicted molar refractivity (Wildman–Crippen MR) is 219 cm³/mol. The van der Waals surface area contributed by atoms with E-state index in [1.54, 1.807) is 6.08 Å². The molecule has 0 aliphatic carbocycles. The number of hydrogen-bond acceptors (Lipinski definition) is 6. The first-order valence-electron chi connectivity index (χ1n) is 20.6. The van der Waals surface area contributed by atoms with Crippen molar-refractivity contribution in [1.82, 2.24) is 0 Å². The molecule has 0 N–H and O–H groups in total. The van der Waals surface area contributed by atoms with Crippen LogP contribution >= 0.6 is 0 Å². The zero-order valence-corrected chi connectivity index (χ0v) is 33.3. The molecule has 6 nitrogen and oxygen atoms in total. The standard InChI is InChI=1S/C46H74O6/c1-4-7-10-13-16-19-21-22-23-25-27-30-33-36-39-45(48)51-42-43(41-50-44(47)38-35-32-29-26-18-15-12-9-6-3)52-46(49)40-37-34-31-28-24-20-17-14-11-8-5-2/h8-9,11-12,17-18,20,23,25-26,28,31-32,35,43H,4-7,10,13-16,19,21-22,24,27,29-30,33-34,36-42H2,1-3H3/b11-8-,12-9-,20-17-,25-23-,26-18-,31-28-,35-32-. The van der Waals surface area contributed by atoms with E-state index in [1.165, 1.54) is 44.9 Å². The maximum absolute atomic E-state index is 12.6. The van der Waals surface area contributed by atoms with Gasteiger partial charge in [0.05, 0.1) is 6.42 Å². The summed E-state index contributed by atoms with van der Waals surface area (Å²) in [6.45, 7) is 6.20. The smallest absolute Gasteiger partial charge is 0.309 e. The highest BCUT2D eigenvalue weighted by Gasteiger charge is 2.19. The minimum absolute atomic E-state index is 0.120. The first-order chi connectivity index (χ1) is 25.5. The van der Waals surface area contributed by atoms with Crippen LogP contribution in [0.3, 0.4) is 0 Å². The van der Waals surface area contributed by atoms with E-state index in [0.29, 0.717) is 12.8 Å². The van der Waals surface area contributed by atoms with Gasteiger partial charge in [-0.15, -0.1) is 0 Å². The van der Waals surface area contributed by atoms with Crippen molar-refractivity contribution in [2.24, 2.45) is 0 Å². The summed E-state index contributed by atoms with van der Waals surface area (Å²) in [6.07, 6.45) is 50.4. The van der Waals surface area contributed by atoms with Crippen LogP contribution in [0.2, 0.25) is 0 Å². The highest BCUT2D eigenvalue weighted by atomic mass is 16.6. The highest BCUT2D eigenvalue weighted by Crippen LogP contribution is 2.11. The fourth-order valence-corrected chi connectivity index (χ4v) is 5.11. The molecule has 0 radical (unpaired) electrons. The number of unbranched alkanes of at least 4 members (excludes halogenated alkanes) is 11. The minimum atomic E-state index is -0.840. The molecular formula is C46H74O6. The number of ether oxygens (including phenoxy) is 3. The Labute approximate surface area is 318 Å². The van der Waals surface area contributed by atoms with Crippen LogP contribution in [0, 0.1) is 0 Å². The van der Waals surface area contributed by atoms with Gasteiger partial charge in [0.1, 0.15) is 13.2 Å². The van der Waals surface area contributed by atoms with Crippen LogP contribution in [0.1, 0.15) is 168 Å². The van der Waals surface area contributed by atoms with Crippen LogP contribution in [0.25, 0.3) is 0 Å². The van der Waals surface area contributed by atoms with Gasteiger partial charge in [-0.05, 0) is 83.5 Å².